The van der Waals surface area contributed by atoms with E-state index < -0.39 is 6.10 Å². The molecular formula is C20H33NO2. The first-order valence-electron chi connectivity index (χ1n) is 8.37. The molecular weight excluding hydrogens is 286 g/mol. The summed E-state index contributed by atoms with van der Waals surface area (Å²) in [4.78, 5) is 12.5. The minimum atomic E-state index is -0.519. The van der Waals surface area contributed by atoms with Crippen molar-refractivity contribution in [2.75, 3.05) is 0 Å². The van der Waals surface area contributed by atoms with Crippen molar-refractivity contribution < 1.29 is 9.53 Å². The van der Waals surface area contributed by atoms with Crippen LogP contribution in [-0.2, 0) is 4.79 Å². The molecule has 0 unspecified atom stereocenters. The lowest BCUT2D eigenvalue weighted by Gasteiger charge is -2.34. The van der Waals surface area contributed by atoms with E-state index in [0.29, 0.717) is 0 Å². The molecule has 0 saturated heterocycles. The predicted molar refractivity (Wildman–Crippen MR) is 97.0 cm³/mol. The van der Waals surface area contributed by atoms with Crippen LogP contribution < -0.4 is 10.1 Å². The Morgan fingerprint density at radius 3 is 2.22 bits per heavy atom. The van der Waals surface area contributed by atoms with Crippen molar-refractivity contribution in [1.82, 2.24) is 5.32 Å². The van der Waals surface area contributed by atoms with Gasteiger partial charge in [0.15, 0.2) is 6.10 Å². The number of rotatable bonds is 5. The highest BCUT2D eigenvalue weighted by atomic mass is 16.5. The van der Waals surface area contributed by atoms with Crippen molar-refractivity contribution in [1.29, 1.82) is 0 Å². The molecule has 23 heavy (non-hydrogen) atoms. The molecule has 130 valence electrons. The number of benzene rings is 1. The van der Waals surface area contributed by atoms with Gasteiger partial charge in [0.2, 0.25) is 0 Å². The molecule has 1 rings (SSSR count). The van der Waals surface area contributed by atoms with Gasteiger partial charge in [0.25, 0.3) is 5.91 Å². The van der Waals surface area contributed by atoms with Crippen LogP contribution in [0.5, 0.6) is 5.75 Å². The second-order valence-corrected chi connectivity index (χ2v) is 8.58. The van der Waals surface area contributed by atoms with Crippen molar-refractivity contribution in [3.63, 3.8) is 0 Å². The topological polar surface area (TPSA) is 38.3 Å². The molecule has 0 radical (unpaired) electrons. The standard InChI is InChI=1S/C20H33NO2/c1-13-10-14(2)15(3)17(11-13)23-16(4)18(22)21-20(8,9)12-19(5,6)7/h10-11,16H,12H2,1-9H3,(H,21,22)/t16-/m0/s1. The van der Waals surface area contributed by atoms with Crippen molar-refractivity contribution in [2.45, 2.75) is 80.4 Å². The molecule has 1 N–H and O–H groups in total. The van der Waals surface area contributed by atoms with Crippen LogP contribution in [0.15, 0.2) is 12.1 Å². The van der Waals surface area contributed by atoms with E-state index in [9.17, 15) is 4.79 Å². The molecule has 0 aliphatic heterocycles. The van der Waals surface area contributed by atoms with Gasteiger partial charge in [-0.25, -0.2) is 0 Å². The molecule has 0 fully saturated rings. The van der Waals surface area contributed by atoms with Gasteiger partial charge in [-0.3, -0.25) is 4.79 Å². The number of aryl methyl sites for hydroxylation is 2. The first kappa shape index (κ1) is 19.5. The molecule has 0 aromatic heterocycles. The van der Waals surface area contributed by atoms with Crippen LogP contribution in [0.3, 0.4) is 0 Å². The summed E-state index contributed by atoms with van der Waals surface area (Å²) in [5.41, 5.74) is 3.31. The summed E-state index contributed by atoms with van der Waals surface area (Å²) in [5, 5.41) is 3.12. The number of carbonyl (C=O) groups is 1. The number of amides is 1. The normalized spacial score (nSPS) is 13.6. The average Bonchev–Trinajstić information content (AvgIpc) is 2.31. The van der Waals surface area contributed by atoms with Crippen LogP contribution in [0.25, 0.3) is 0 Å². The van der Waals surface area contributed by atoms with E-state index >= 15 is 0 Å². The quantitative estimate of drug-likeness (QED) is 0.853. The SMILES string of the molecule is Cc1cc(C)c(C)c(O[C@@H](C)C(=O)NC(C)(C)CC(C)(C)C)c1. The molecule has 1 aromatic carbocycles. The molecule has 3 nitrogen and oxygen atoms in total. The lowest BCUT2D eigenvalue weighted by Crippen LogP contribution is -2.50. The smallest absolute Gasteiger partial charge is 0.261 e. The monoisotopic (exact) mass is 319 g/mol. The van der Waals surface area contributed by atoms with E-state index in [0.717, 1.165) is 23.3 Å². The van der Waals surface area contributed by atoms with Crippen molar-refractivity contribution >= 4 is 5.91 Å². The van der Waals surface area contributed by atoms with Gasteiger partial charge in [0, 0.05) is 5.54 Å². The van der Waals surface area contributed by atoms with Gasteiger partial charge >= 0.3 is 0 Å². The largest absolute Gasteiger partial charge is 0.481 e. The molecule has 0 heterocycles. The highest BCUT2D eigenvalue weighted by Crippen LogP contribution is 2.27. The van der Waals surface area contributed by atoms with Crippen LogP contribution in [0.1, 0.15) is 64.7 Å². The van der Waals surface area contributed by atoms with Crippen molar-refractivity contribution in [3.8, 4) is 5.75 Å². The molecule has 3 heteroatoms. The van der Waals surface area contributed by atoms with Crippen LogP contribution in [0.4, 0.5) is 0 Å². The summed E-state index contributed by atoms with van der Waals surface area (Å²) >= 11 is 0. The van der Waals surface area contributed by atoms with Gasteiger partial charge < -0.3 is 10.1 Å². The number of ether oxygens (including phenoxy) is 1. The van der Waals surface area contributed by atoms with E-state index in [-0.39, 0.29) is 16.9 Å². The summed E-state index contributed by atoms with van der Waals surface area (Å²) in [6.45, 7) is 18.6. The zero-order valence-electron chi connectivity index (χ0n) is 16.3. The van der Waals surface area contributed by atoms with E-state index in [4.69, 9.17) is 4.74 Å². The predicted octanol–water partition coefficient (Wildman–Crippen LogP) is 4.71. The summed E-state index contributed by atoms with van der Waals surface area (Å²) in [6, 6.07) is 4.12. The second-order valence-electron chi connectivity index (χ2n) is 8.58. The fourth-order valence-electron chi connectivity index (χ4n) is 3.17. The average molecular weight is 319 g/mol. The number of hydrogen-bond acceptors (Lipinski definition) is 2. The molecule has 0 bridgehead atoms. The van der Waals surface area contributed by atoms with Gasteiger partial charge in [0.1, 0.15) is 5.75 Å². The lowest BCUT2D eigenvalue weighted by atomic mass is 9.81. The molecule has 1 atom stereocenters. The van der Waals surface area contributed by atoms with Gasteiger partial charge in [-0.1, -0.05) is 26.8 Å². The number of nitrogens with one attached hydrogen (secondary N) is 1. The summed E-state index contributed by atoms with van der Waals surface area (Å²) in [7, 11) is 0. The second kappa shape index (κ2) is 6.94. The third-order valence-electron chi connectivity index (χ3n) is 3.87. The highest BCUT2D eigenvalue weighted by molar-refractivity contribution is 5.81. The zero-order chi connectivity index (χ0) is 18.0. The molecule has 0 aliphatic carbocycles. The minimum Gasteiger partial charge on any atom is -0.481 e. The molecule has 0 aliphatic rings. The molecule has 0 spiro atoms. The molecule has 1 aromatic rings. The Morgan fingerprint density at radius 2 is 1.70 bits per heavy atom. The Bertz CT molecular complexity index is 568. The highest BCUT2D eigenvalue weighted by Gasteiger charge is 2.29. The van der Waals surface area contributed by atoms with Gasteiger partial charge in [-0.2, -0.15) is 0 Å². The van der Waals surface area contributed by atoms with E-state index in [1.54, 1.807) is 6.92 Å². The molecule has 1 amide bonds. The first-order valence-corrected chi connectivity index (χ1v) is 8.37. The van der Waals surface area contributed by atoms with Crippen LogP contribution in [-0.4, -0.2) is 17.6 Å². The van der Waals surface area contributed by atoms with Gasteiger partial charge in [0.05, 0.1) is 0 Å². The third kappa shape index (κ3) is 6.25. The van der Waals surface area contributed by atoms with Crippen LogP contribution in [0.2, 0.25) is 0 Å². The van der Waals surface area contributed by atoms with Crippen LogP contribution in [0, 0.1) is 26.2 Å². The Morgan fingerprint density at radius 1 is 1.13 bits per heavy atom. The maximum atomic E-state index is 12.5. The molecule has 0 saturated carbocycles. The van der Waals surface area contributed by atoms with Crippen LogP contribution >= 0.6 is 0 Å². The number of hydrogen-bond donors (Lipinski definition) is 1. The fourth-order valence-corrected chi connectivity index (χ4v) is 3.17. The Balaban J connectivity index is 2.79. The summed E-state index contributed by atoms with van der Waals surface area (Å²) in [6.07, 6.45) is 0.384. The zero-order valence-corrected chi connectivity index (χ0v) is 16.3. The maximum absolute atomic E-state index is 12.5. The van der Waals surface area contributed by atoms with Gasteiger partial charge in [-0.15, -0.1) is 0 Å². The Labute approximate surface area is 141 Å². The first-order chi connectivity index (χ1) is 10.3. The third-order valence-corrected chi connectivity index (χ3v) is 3.87. The fraction of sp³-hybridized carbons (Fsp3) is 0.650. The summed E-state index contributed by atoms with van der Waals surface area (Å²) < 4.78 is 5.93. The van der Waals surface area contributed by atoms with E-state index in [1.807, 2.05) is 19.9 Å². The summed E-state index contributed by atoms with van der Waals surface area (Å²) in [5.74, 6) is 0.719. The maximum Gasteiger partial charge on any atom is 0.261 e. The Kier molecular flexibility index (Phi) is 5.89. The lowest BCUT2D eigenvalue weighted by molar-refractivity contribution is -0.129. The Hall–Kier alpha value is -1.51. The van der Waals surface area contributed by atoms with Crippen molar-refractivity contribution in [3.05, 3.63) is 28.8 Å². The van der Waals surface area contributed by atoms with E-state index in [1.165, 1.54) is 5.56 Å². The van der Waals surface area contributed by atoms with Gasteiger partial charge in [-0.05, 0) is 76.1 Å². The van der Waals surface area contributed by atoms with Crippen molar-refractivity contribution in [2.24, 2.45) is 5.41 Å². The number of carbonyl (C=O) groups excluding carboxylic acids is 1. The minimum absolute atomic E-state index is 0.0715. The van der Waals surface area contributed by atoms with E-state index in [2.05, 4.69) is 52.9 Å².